The summed E-state index contributed by atoms with van der Waals surface area (Å²) in [6, 6.07) is 3.82. The van der Waals surface area contributed by atoms with E-state index in [0.717, 1.165) is 5.56 Å². The lowest BCUT2D eigenvalue weighted by Crippen LogP contribution is -2.15. The normalized spacial score (nSPS) is 13.0. The molecule has 0 aliphatic rings. The summed E-state index contributed by atoms with van der Waals surface area (Å²) in [5, 5.41) is 8.91. The maximum absolute atomic E-state index is 8.91. The Morgan fingerprint density at radius 3 is 2.23 bits per heavy atom. The molecule has 1 unspecified atom stereocenters. The van der Waals surface area contributed by atoms with E-state index in [2.05, 4.69) is 36.4 Å². The summed E-state index contributed by atoms with van der Waals surface area (Å²) < 4.78 is 1.27. The number of benzene rings is 1. The summed E-state index contributed by atoms with van der Waals surface area (Å²) in [6.45, 7) is 4.12. The van der Waals surface area contributed by atoms with Gasteiger partial charge >= 0.3 is 0 Å². The van der Waals surface area contributed by atoms with Crippen LogP contribution < -0.4 is 5.73 Å². The van der Waals surface area contributed by atoms with Crippen molar-refractivity contribution in [3.8, 4) is 0 Å². The summed E-state index contributed by atoms with van der Waals surface area (Å²) in [7, 11) is 0. The van der Waals surface area contributed by atoms with Gasteiger partial charge in [0.05, 0.1) is 12.6 Å². The number of nitrogens with two attached hydrogens (primary N) is 1. The van der Waals surface area contributed by atoms with Gasteiger partial charge in [0.15, 0.2) is 0 Å². The van der Waals surface area contributed by atoms with Gasteiger partial charge < -0.3 is 10.8 Å². The lowest BCUT2D eigenvalue weighted by Gasteiger charge is -2.12. The summed E-state index contributed by atoms with van der Waals surface area (Å²) in [6.07, 6.45) is 0. The Hall–Kier alpha value is -0.130. The van der Waals surface area contributed by atoms with Crippen molar-refractivity contribution < 1.29 is 5.11 Å². The Balaban J connectivity index is 3.13. The zero-order chi connectivity index (χ0) is 10.0. The fraction of sp³-hybridized carbons (Fsp3) is 0.400. The van der Waals surface area contributed by atoms with Gasteiger partial charge in [-0.05, 0) is 53.1 Å². The predicted octanol–water partition coefficient (Wildman–Crippen LogP) is 1.90. The van der Waals surface area contributed by atoms with E-state index in [1.54, 1.807) is 0 Å². The van der Waals surface area contributed by atoms with Crippen LogP contribution in [0.2, 0.25) is 0 Å². The van der Waals surface area contributed by atoms with Gasteiger partial charge in [0.1, 0.15) is 0 Å². The molecule has 1 aromatic carbocycles. The highest BCUT2D eigenvalue weighted by atomic mass is 127. The minimum absolute atomic E-state index is 0.000523. The van der Waals surface area contributed by atoms with Crippen molar-refractivity contribution in [3.63, 3.8) is 0 Å². The van der Waals surface area contributed by atoms with E-state index in [1.807, 2.05) is 12.1 Å². The molecule has 0 aliphatic carbocycles. The van der Waals surface area contributed by atoms with E-state index >= 15 is 0 Å². The minimum atomic E-state index is -0.255. The summed E-state index contributed by atoms with van der Waals surface area (Å²) in [5.41, 5.74) is 9.19. The first kappa shape index (κ1) is 10.9. The van der Waals surface area contributed by atoms with Crippen LogP contribution in [0, 0.1) is 17.4 Å². The second-order valence-corrected chi connectivity index (χ2v) is 4.34. The van der Waals surface area contributed by atoms with Crippen molar-refractivity contribution in [3.05, 3.63) is 32.4 Å². The monoisotopic (exact) mass is 291 g/mol. The quantitative estimate of drug-likeness (QED) is 0.818. The second-order valence-electron chi connectivity index (χ2n) is 3.26. The molecular formula is C10H14INO. The molecule has 3 N–H and O–H groups in total. The molecular weight excluding hydrogens is 277 g/mol. The molecule has 0 bridgehead atoms. The van der Waals surface area contributed by atoms with Crippen LogP contribution in [0.4, 0.5) is 0 Å². The Morgan fingerprint density at radius 1 is 1.38 bits per heavy atom. The van der Waals surface area contributed by atoms with E-state index in [9.17, 15) is 0 Å². The number of aryl methyl sites for hydroxylation is 2. The van der Waals surface area contributed by atoms with Crippen LogP contribution in [0.15, 0.2) is 12.1 Å². The zero-order valence-electron chi connectivity index (χ0n) is 7.84. The van der Waals surface area contributed by atoms with Crippen molar-refractivity contribution in [2.75, 3.05) is 6.61 Å². The van der Waals surface area contributed by atoms with Gasteiger partial charge in [-0.15, -0.1) is 0 Å². The summed E-state index contributed by atoms with van der Waals surface area (Å²) in [4.78, 5) is 0. The molecule has 0 aromatic heterocycles. The molecule has 1 atom stereocenters. The van der Waals surface area contributed by atoms with Crippen LogP contribution in [0.1, 0.15) is 22.7 Å². The molecule has 0 amide bonds. The fourth-order valence-corrected chi connectivity index (χ4v) is 1.61. The molecule has 0 aliphatic heterocycles. The smallest absolute Gasteiger partial charge is 0.0624 e. The number of halogens is 1. The van der Waals surface area contributed by atoms with E-state index in [4.69, 9.17) is 10.8 Å². The van der Waals surface area contributed by atoms with Crippen molar-refractivity contribution in [1.29, 1.82) is 0 Å². The second kappa shape index (κ2) is 4.39. The van der Waals surface area contributed by atoms with Crippen LogP contribution in [-0.2, 0) is 0 Å². The average Bonchev–Trinajstić information content (AvgIpc) is 2.12. The van der Waals surface area contributed by atoms with E-state index < -0.39 is 0 Å². The molecule has 0 spiro atoms. The molecule has 1 aromatic rings. The Labute approximate surface area is 92.3 Å². The van der Waals surface area contributed by atoms with Crippen molar-refractivity contribution in [2.24, 2.45) is 5.73 Å². The molecule has 0 fully saturated rings. The molecule has 3 heteroatoms. The molecule has 0 saturated carbocycles. The van der Waals surface area contributed by atoms with E-state index in [1.165, 1.54) is 14.7 Å². The highest BCUT2D eigenvalue weighted by Gasteiger charge is 2.07. The van der Waals surface area contributed by atoms with E-state index in [0.29, 0.717) is 0 Å². The van der Waals surface area contributed by atoms with Gasteiger partial charge in [-0.1, -0.05) is 12.1 Å². The highest BCUT2D eigenvalue weighted by molar-refractivity contribution is 14.1. The third kappa shape index (κ3) is 2.42. The van der Waals surface area contributed by atoms with Gasteiger partial charge in [0.25, 0.3) is 0 Å². The molecule has 1 rings (SSSR count). The Bertz CT molecular complexity index is 289. The van der Waals surface area contributed by atoms with Gasteiger partial charge in [0.2, 0.25) is 0 Å². The maximum Gasteiger partial charge on any atom is 0.0624 e. The highest BCUT2D eigenvalue weighted by Crippen LogP contribution is 2.21. The molecule has 0 saturated heterocycles. The fourth-order valence-electron chi connectivity index (χ4n) is 1.30. The predicted molar refractivity (Wildman–Crippen MR) is 62.6 cm³/mol. The Morgan fingerprint density at radius 2 is 1.85 bits per heavy atom. The average molecular weight is 291 g/mol. The standard InChI is InChI=1S/C10H14INO/c1-6-3-8(9(12)5-13)4-7(2)10(6)11/h3-4,9,13H,5,12H2,1-2H3. The number of rotatable bonds is 2. The molecule has 0 radical (unpaired) electrons. The first-order chi connectivity index (χ1) is 6.06. The molecule has 0 heterocycles. The third-order valence-corrected chi connectivity index (χ3v) is 3.79. The van der Waals surface area contributed by atoms with Crippen LogP contribution >= 0.6 is 22.6 Å². The van der Waals surface area contributed by atoms with Crippen LogP contribution in [-0.4, -0.2) is 11.7 Å². The topological polar surface area (TPSA) is 46.2 Å². The van der Waals surface area contributed by atoms with Crippen molar-refractivity contribution >= 4 is 22.6 Å². The van der Waals surface area contributed by atoms with Gasteiger partial charge in [-0.2, -0.15) is 0 Å². The van der Waals surface area contributed by atoms with E-state index in [-0.39, 0.29) is 12.6 Å². The van der Waals surface area contributed by atoms with Crippen LogP contribution in [0.3, 0.4) is 0 Å². The number of aliphatic hydroxyl groups excluding tert-OH is 1. The van der Waals surface area contributed by atoms with Crippen molar-refractivity contribution in [1.82, 2.24) is 0 Å². The summed E-state index contributed by atoms with van der Waals surface area (Å²) >= 11 is 2.32. The first-order valence-corrected chi connectivity index (χ1v) is 5.27. The Kier molecular flexibility index (Phi) is 3.70. The molecule has 72 valence electrons. The third-order valence-electron chi connectivity index (χ3n) is 2.08. The largest absolute Gasteiger partial charge is 0.394 e. The summed E-state index contributed by atoms with van der Waals surface area (Å²) in [5.74, 6) is 0. The first-order valence-electron chi connectivity index (χ1n) is 4.19. The van der Waals surface area contributed by atoms with Crippen molar-refractivity contribution in [2.45, 2.75) is 19.9 Å². The van der Waals surface area contributed by atoms with Gasteiger partial charge in [-0.3, -0.25) is 0 Å². The zero-order valence-corrected chi connectivity index (χ0v) is 10.00. The minimum Gasteiger partial charge on any atom is -0.394 e. The number of hydrogen-bond acceptors (Lipinski definition) is 2. The van der Waals surface area contributed by atoms with Crippen LogP contribution in [0.5, 0.6) is 0 Å². The SMILES string of the molecule is Cc1cc(C(N)CO)cc(C)c1I. The van der Waals surface area contributed by atoms with Crippen LogP contribution in [0.25, 0.3) is 0 Å². The lowest BCUT2D eigenvalue weighted by molar-refractivity contribution is 0.268. The number of hydrogen-bond donors (Lipinski definition) is 2. The van der Waals surface area contributed by atoms with Gasteiger partial charge in [-0.25, -0.2) is 0 Å². The van der Waals surface area contributed by atoms with Gasteiger partial charge in [0, 0.05) is 3.57 Å². The number of aliphatic hydroxyl groups is 1. The maximum atomic E-state index is 8.91. The molecule has 2 nitrogen and oxygen atoms in total. The lowest BCUT2D eigenvalue weighted by atomic mass is 10.0. The molecule has 13 heavy (non-hydrogen) atoms.